The average molecular weight is 317 g/mol. The van der Waals surface area contributed by atoms with Gasteiger partial charge in [0.05, 0.1) is 23.1 Å². The molecule has 0 spiro atoms. The fraction of sp³-hybridized carbons (Fsp3) is 0.562. The molecule has 1 aliphatic heterocycles. The van der Waals surface area contributed by atoms with Gasteiger partial charge < -0.3 is 14.6 Å². The van der Waals surface area contributed by atoms with Gasteiger partial charge in [-0.3, -0.25) is 4.79 Å². The molecule has 4 rings (SSSR count). The van der Waals surface area contributed by atoms with E-state index in [1.54, 1.807) is 11.6 Å². The fourth-order valence-corrected chi connectivity index (χ4v) is 3.91. The maximum absolute atomic E-state index is 12.0. The lowest BCUT2D eigenvalue weighted by molar-refractivity contribution is -0.175. The monoisotopic (exact) mass is 317 g/mol. The molecule has 1 aromatic carbocycles. The number of carboxylic acids is 1. The smallest absolute Gasteiger partial charge is 0.311 e. The van der Waals surface area contributed by atoms with E-state index in [0.29, 0.717) is 6.42 Å². The number of hydrogen-bond acceptors (Lipinski definition) is 5. The topological polar surface area (TPSA) is 86.5 Å². The van der Waals surface area contributed by atoms with Crippen molar-refractivity contribution < 1.29 is 19.4 Å². The molecule has 4 atom stereocenters. The lowest BCUT2D eigenvalue weighted by Crippen LogP contribution is -2.40. The highest BCUT2D eigenvalue weighted by molar-refractivity contribution is 5.78. The molecule has 1 saturated carbocycles. The van der Waals surface area contributed by atoms with Crippen LogP contribution in [0.5, 0.6) is 0 Å². The molecule has 7 heteroatoms. The van der Waals surface area contributed by atoms with E-state index in [2.05, 4.69) is 10.3 Å². The first-order chi connectivity index (χ1) is 10.8. The van der Waals surface area contributed by atoms with E-state index in [1.165, 1.54) is 0 Å². The molecule has 1 aliphatic carbocycles. The molecule has 23 heavy (non-hydrogen) atoms. The third-order valence-electron chi connectivity index (χ3n) is 4.94. The molecule has 1 aromatic heterocycles. The van der Waals surface area contributed by atoms with Crippen LogP contribution in [-0.2, 0) is 14.3 Å². The molecule has 0 bridgehead atoms. The van der Waals surface area contributed by atoms with Gasteiger partial charge in [-0.2, -0.15) is 0 Å². The molecule has 7 nitrogen and oxygen atoms in total. The Balaban J connectivity index is 1.86. The van der Waals surface area contributed by atoms with Gasteiger partial charge in [-0.1, -0.05) is 17.3 Å². The van der Waals surface area contributed by atoms with Gasteiger partial charge in [-0.25, -0.2) is 4.68 Å². The van der Waals surface area contributed by atoms with Gasteiger partial charge in [0, 0.05) is 0 Å². The van der Waals surface area contributed by atoms with Crippen LogP contribution in [0.2, 0.25) is 0 Å². The first-order valence-electron chi connectivity index (χ1n) is 7.71. The molecule has 122 valence electrons. The Morgan fingerprint density at radius 1 is 1.30 bits per heavy atom. The van der Waals surface area contributed by atoms with Crippen molar-refractivity contribution in [3.63, 3.8) is 0 Å². The summed E-state index contributed by atoms with van der Waals surface area (Å²) in [5, 5.41) is 18.2. The van der Waals surface area contributed by atoms with Crippen molar-refractivity contribution >= 4 is 17.0 Å². The van der Waals surface area contributed by atoms with E-state index in [4.69, 9.17) is 9.47 Å². The summed E-state index contributed by atoms with van der Waals surface area (Å²) in [4.78, 5) is 12.0. The molecule has 2 aliphatic rings. The first-order valence-corrected chi connectivity index (χ1v) is 7.71. The first kappa shape index (κ1) is 14.6. The number of fused-ring (bicyclic) bond motifs is 2. The van der Waals surface area contributed by atoms with Crippen LogP contribution in [0.1, 0.15) is 33.2 Å². The molecule has 4 unspecified atom stereocenters. The molecule has 2 heterocycles. The number of carboxylic acid groups (broad SMARTS) is 1. The van der Waals surface area contributed by atoms with Crippen LogP contribution in [0.15, 0.2) is 24.3 Å². The van der Waals surface area contributed by atoms with Gasteiger partial charge >= 0.3 is 5.97 Å². The zero-order chi connectivity index (χ0) is 16.4. The summed E-state index contributed by atoms with van der Waals surface area (Å²) in [5.41, 5.74) is 0.517. The summed E-state index contributed by atoms with van der Waals surface area (Å²) >= 11 is 0. The van der Waals surface area contributed by atoms with Gasteiger partial charge in [-0.05, 0) is 39.3 Å². The summed E-state index contributed by atoms with van der Waals surface area (Å²) in [6, 6.07) is 7.06. The summed E-state index contributed by atoms with van der Waals surface area (Å²) in [6.07, 6.45) is -0.245. The number of benzene rings is 1. The second-order valence-corrected chi connectivity index (χ2v) is 7.03. The Bertz CT molecular complexity index is 786. The maximum Gasteiger partial charge on any atom is 0.311 e. The van der Waals surface area contributed by atoms with Crippen molar-refractivity contribution in [2.24, 2.45) is 5.41 Å². The molecular weight excluding hydrogens is 298 g/mol. The summed E-state index contributed by atoms with van der Waals surface area (Å²) in [7, 11) is 0. The van der Waals surface area contributed by atoms with Crippen molar-refractivity contribution in [2.45, 2.75) is 51.2 Å². The summed E-state index contributed by atoms with van der Waals surface area (Å²) in [6.45, 7) is 5.42. The van der Waals surface area contributed by atoms with Crippen LogP contribution in [0.4, 0.5) is 0 Å². The normalized spacial score (nSPS) is 35.5. The number of nitrogens with zero attached hydrogens (tertiary/aromatic N) is 3. The van der Waals surface area contributed by atoms with Crippen molar-refractivity contribution in [2.75, 3.05) is 0 Å². The quantitative estimate of drug-likeness (QED) is 0.911. The van der Waals surface area contributed by atoms with E-state index in [0.717, 1.165) is 11.0 Å². The molecule has 2 aromatic rings. The second kappa shape index (κ2) is 4.52. The molecule has 2 fully saturated rings. The second-order valence-electron chi connectivity index (χ2n) is 7.03. The summed E-state index contributed by atoms with van der Waals surface area (Å²) < 4.78 is 13.6. The van der Waals surface area contributed by atoms with Crippen LogP contribution in [0.25, 0.3) is 11.0 Å². The predicted octanol–water partition coefficient (Wildman–Crippen LogP) is 1.99. The van der Waals surface area contributed by atoms with E-state index in [1.807, 2.05) is 38.1 Å². The molecule has 1 N–H and O–H groups in total. The molecular formula is C16H19N3O4. The van der Waals surface area contributed by atoms with Gasteiger partial charge in [-0.15, -0.1) is 5.10 Å². The van der Waals surface area contributed by atoms with Crippen LogP contribution in [-0.4, -0.2) is 44.1 Å². The third kappa shape index (κ3) is 2.00. The van der Waals surface area contributed by atoms with Crippen molar-refractivity contribution in [1.29, 1.82) is 0 Å². The van der Waals surface area contributed by atoms with Crippen LogP contribution >= 0.6 is 0 Å². The van der Waals surface area contributed by atoms with Crippen molar-refractivity contribution in [1.82, 2.24) is 15.0 Å². The Labute approximate surface area is 133 Å². The minimum atomic E-state index is -1.03. The third-order valence-corrected chi connectivity index (χ3v) is 4.94. The Morgan fingerprint density at radius 3 is 2.78 bits per heavy atom. The maximum atomic E-state index is 12.0. The van der Waals surface area contributed by atoms with E-state index >= 15 is 0 Å². The highest BCUT2D eigenvalue weighted by atomic mass is 16.8. The number of para-hydroxylation sites is 1. The van der Waals surface area contributed by atoms with Crippen molar-refractivity contribution in [3.8, 4) is 0 Å². The zero-order valence-electron chi connectivity index (χ0n) is 13.3. The Kier molecular flexibility index (Phi) is 2.87. The van der Waals surface area contributed by atoms with Gasteiger partial charge in [0.25, 0.3) is 0 Å². The fourth-order valence-electron chi connectivity index (χ4n) is 3.91. The largest absolute Gasteiger partial charge is 0.481 e. The SMILES string of the molecule is CC1(C)OC2CC(C)(C(=O)O)C(n3nnc4ccccc43)C2O1. The molecule has 1 saturated heterocycles. The summed E-state index contributed by atoms with van der Waals surface area (Å²) in [5.74, 6) is -1.59. The number of hydrogen-bond donors (Lipinski definition) is 1. The van der Waals surface area contributed by atoms with E-state index in [9.17, 15) is 9.90 Å². The number of aliphatic carboxylic acids is 1. The molecule has 0 radical (unpaired) electrons. The standard InChI is InChI=1S/C16H19N3O4/c1-15(2)22-11-8-16(3,14(20)21)13(12(11)23-15)19-10-7-5-4-6-9(10)17-18-19/h4-7,11-13H,8H2,1-3H3,(H,20,21). The van der Waals surface area contributed by atoms with Crippen LogP contribution in [0.3, 0.4) is 0 Å². The lowest BCUT2D eigenvalue weighted by atomic mass is 9.84. The van der Waals surface area contributed by atoms with E-state index in [-0.39, 0.29) is 12.2 Å². The highest BCUT2D eigenvalue weighted by Gasteiger charge is 2.63. The number of rotatable bonds is 2. The molecule has 0 amide bonds. The minimum Gasteiger partial charge on any atom is -0.481 e. The number of carbonyl (C=O) groups is 1. The number of ether oxygens (including phenoxy) is 2. The highest BCUT2D eigenvalue weighted by Crippen LogP contribution is 2.54. The average Bonchev–Trinajstić information content (AvgIpc) is 3.07. The Morgan fingerprint density at radius 2 is 2.04 bits per heavy atom. The van der Waals surface area contributed by atoms with Crippen molar-refractivity contribution in [3.05, 3.63) is 24.3 Å². The van der Waals surface area contributed by atoms with Gasteiger partial charge in [0.15, 0.2) is 5.79 Å². The van der Waals surface area contributed by atoms with Gasteiger partial charge in [0.1, 0.15) is 11.6 Å². The number of aromatic nitrogens is 3. The zero-order valence-corrected chi connectivity index (χ0v) is 13.3. The van der Waals surface area contributed by atoms with Crippen LogP contribution < -0.4 is 0 Å². The van der Waals surface area contributed by atoms with E-state index < -0.39 is 23.2 Å². The predicted molar refractivity (Wildman–Crippen MR) is 80.7 cm³/mol. The lowest BCUT2D eigenvalue weighted by Gasteiger charge is -2.31. The Hall–Kier alpha value is -1.99. The van der Waals surface area contributed by atoms with Gasteiger partial charge in [0.2, 0.25) is 0 Å². The van der Waals surface area contributed by atoms with Crippen LogP contribution in [0, 0.1) is 5.41 Å². The minimum absolute atomic E-state index is 0.265.